The molecule has 0 saturated heterocycles. The van der Waals surface area contributed by atoms with E-state index in [9.17, 15) is 13.2 Å². The summed E-state index contributed by atoms with van der Waals surface area (Å²) in [5.74, 6) is 0.356. The standard InChI is InChI=1S/C14H16N4O3S/c15-22(20,21)10-7-5-9(6-8-10)16-14-17-12-4-2-1-3-11(12)13(19)18-14/h5-8H,1-4H2,(H2,15,20,21)(H2,16,17,18,19). The predicted octanol–water partition coefficient (Wildman–Crippen LogP) is 1.04. The van der Waals surface area contributed by atoms with Crippen molar-refractivity contribution >= 4 is 21.7 Å². The number of nitrogens with zero attached hydrogens (tertiary/aromatic N) is 1. The molecule has 22 heavy (non-hydrogen) atoms. The van der Waals surface area contributed by atoms with Crippen LogP contribution in [0, 0.1) is 0 Å². The molecule has 0 bridgehead atoms. The zero-order valence-electron chi connectivity index (χ0n) is 11.8. The van der Waals surface area contributed by atoms with Gasteiger partial charge in [0.05, 0.1) is 10.6 Å². The maximum atomic E-state index is 12.0. The summed E-state index contributed by atoms with van der Waals surface area (Å²) in [6.07, 6.45) is 3.62. The Morgan fingerprint density at radius 3 is 2.50 bits per heavy atom. The molecule has 116 valence electrons. The molecule has 0 atom stereocenters. The summed E-state index contributed by atoms with van der Waals surface area (Å²) in [5, 5.41) is 8.02. The molecular weight excluding hydrogens is 304 g/mol. The van der Waals surface area contributed by atoms with Crippen molar-refractivity contribution in [2.24, 2.45) is 5.14 Å². The molecular formula is C14H16N4O3S. The molecule has 0 aliphatic heterocycles. The molecule has 2 aromatic rings. The van der Waals surface area contributed by atoms with Crippen LogP contribution in [0.25, 0.3) is 0 Å². The number of anilines is 2. The molecule has 1 aromatic carbocycles. The van der Waals surface area contributed by atoms with Crippen LogP contribution in [0.3, 0.4) is 0 Å². The van der Waals surface area contributed by atoms with Crippen LogP contribution in [0.15, 0.2) is 34.0 Å². The van der Waals surface area contributed by atoms with Gasteiger partial charge in [0.15, 0.2) is 0 Å². The second-order valence-electron chi connectivity index (χ2n) is 5.24. The minimum absolute atomic E-state index is 0.0324. The molecule has 0 saturated carbocycles. The second-order valence-corrected chi connectivity index (χ2v) is 6.80. The van der Waals surface area contributed by atoms with Gasteiger partial charge in [-0.3, -0.25) is 9.78 Å². The summed E-state index contributed by atoms with van der Waals surface area (Å²) < 4.78 is 22.4. The Kier molecular flexibility index (Phi) is 3.71. The monoisotopic (exact) mass is 320 g/mol. The Labute approximate surface area is 127 Å². The number of hydrogen-bond acceptors (Lipinski definition) is 5. The zero-order chi connectivity index (χ0) is 15.7. The normalized spacial score (nSPS) is 14.4. The Balaban J connectivity index is 1.87. The number of aryl methyl sites for hydroxylation is 1. The molecule has 3 rings (SSSR count). The predicted molar refractivity (Wildman–Crippen MR) is 82.6 cm³/mol. The average Bonchev–Trinajstić information content (AvgIpc) is 2.47. The van der Waals surface area contributed by atoms with Crippen LogP contribution in [0.5, 0.6) is 0 Å². The van der Waals surface area contributed by atoms with E-state index in [2.05, 4.69) is 15.3 Å². The fourth-order valence-corrected chi connectivity index (χ4v) is 3.04. The number of nitrogens with one attached hydrogen (secondary N) is 2. The van der Waals surface area contributed by atoms with Gasteiger partial charge in [-0.1, -0.05) is 0 Å². The minimum atomic E-state index is -3.71. The van der Waals surface area contributed by atoms with Gasteiger partial charge in [-0.25, -0.2) is 18.5 Å². The van der Waals surface area contributed by atoms with Crippen molar-refractivity contribution < 1.29 is 8.42 Å². The topological polar surface area (TPSA) is 118 Å². The van der Waals surface area contributed by atoms with Crippen molar-refractivity contribution in [1.29, 1.82) is 0 Å². The highest BCUT2D eigenvalue weighted by atomic mass is 32.2. The van der Waals surface area contributed by atoms with Crippen molar-refractivity contribution in [3.8, 4) is 0 Å². The van der Waals surface area contributed by atoms with Gasteiger partial charge in [0, 0.05) is 11.3 Å². The second kappa shape index (κ2) is 5.54. The maximum Gasteiger partial charge on any atom is 0.255 e. The number of H-pyrrole nitrogens is 1. The van der Waals surface area contributed by atoms with Gasteiger partial charge in [-0.05, 0) is 49.9 Å². The van der Waals surface area contributed by atoms with E-state index in [0.717, 1.165) is 36.9 Å². The quantitative estimate of drug-likeness (QED) is 0.781. The molecule has 0 amide bonds. The fourth-order valence-electron chi connectivity index (χ4n) is 2.53. The molecule has 0 fully saturated rings. The Bertz CT molecular complexity index is 857. The lowest BCUT2D eigenvalue weighted by molar-refractivity contribution is 0.598. The van der Waals surface area contributed by atoms with Crippen LogP contribution >= 0.6 is 0 Å². The van der Waals surface area contributed by atoms with E-state index >= 15 is 0 Å². The molecule has 1 aromatic heterocycles. The first-order valence-corrected chi connectivity index (χ1v) is 8.50. The SMILES string of the molecule is NS(=O)(=O)c1ccc(Nc2nc3c(c(=O)[nH]2)CCCC3)cc1. The lowest BCUT2D eigenvalue weighted by Gasteiger charge is -2.15. The third-order valence-electron chi connectivity index (χ3n) is 3.64. The number of aromatic nitrogens is 2. The maximum absolute atomic E-state index is 12.0. The Hall–Kier alpha value is -2.19. The van der Waals surface area contributed by atoms with Gasteiger partial charge in [-0.15, -0.1) is 0 Å². The summed E-state index contributed by atoms with van der Waals surface area (Å²) in [6, 6.07) is 5.93. The van der Waals surface area contributed by atoms with Gasteiger partial charge < -0.3 is 5.32 Å². The Morgan fingerprint density at radius 2 is 1.82 bits per heavy atom. The van der Waals surface area contributed by atoms with E-state index in [1.807, 2.05) is 0 Å². The van der Waals surface area contributed by atoms with Crippen molar-refractivity contribution in [3.63, 3.8) is 0 Å². The average molecular weight is 320 g/mol. The third kappa shape index (κ3) is 3.02. The van der Waals surface area contributed by atoms with Crippen molar-refractivity contribution in [2.45, 2.75) is 30.6 Å². The lowest BCUT2D eigenvalue weighted by atomic mass is 9.97. The number of fused-ring (bicyclic) bond motifs is 1. The number of primary sulfonamides is 1. The third-order valence-corrected chi connectivity index (χ3v) is 4.57. The largest absolute Gasteiger partial charge is 0.326 e. The van der Waals surface area contributed by atoms with Gasteiger partial charge in [0.25, 0.3) is 5.56 Å². The van der Waals surface area contributed by atoms with Crippen LogP contribution in [-0.4, -0.2) is 18.4 Å². The number of hydrogen-bond donors (Lipinski definition) is 3. The summed E-state index contributed by atoms with van der Waals surface area (Å²) in [7, 11) is -3.71. The van der Waals surface area contributed by atoms with Crippen LogP contribution in [0.2, 0.25) is 0 Å². The first kappa shape index (κ1) is 14.7. The molecule has 1 aliphatic rings. The molecule has 0 unspecified atom stereocenters. The smallest absolute Gasteiger partial charge is 0.255 e. The summed E-state index contributed by atoms with van der Waals surface area (Å²) >= 11 is 0. The number of rotatable bonds is 3. The number of benzene rings is 1. The van der Waals surface area contributed by atoms with E-state index in [4.69, 9.17) is 5.14 Å². The van der Waals surface area contributed by atoms with E-state index in [-0.39, 0.29) is 10.5 Å². The summed E-state index contributed by atoms with van der Waals surface area (Å²) in [6.45, 7) is 0. The summed E-state index contributed by atoms with van der Waals surface area (Å²) in [4.78, 5) is 19.2. The number of aromatic amines is 1. The van der Waals surface area contributed by atoms with Crippen LogP contribution < -0.4 is 16.0 Å². The Morgan fingerprint density at radius 1 is 1.14 bits per heavy atom. The van der Waals surface area contributed by atoms with E-state index < -0.39 is 10.0 Å². The summed E-state index contributed by atoms with van der Waals surface area (Å²) in [5.41, 5.74) is 2.10. The van der Waals surface area contributed by atoms with Gasteiger partial charge in [0.1, 0.15) is 0 Å². The fraction of sp³-hybridized carbons (Fsp3) is 0.286. The van der Waals surface area contributed by atoms with Crippen LogP contribution in [0.1, 0.15) is 24.1 Å². The van der Waals surface area contributed by atoms with Crippen molar-refractivity contribution in [2.75, 3.05) is 5.32 Å². The van der Waals surface area contributed by atoms with Gasteiger partial charge in [-0.2, -0.15) is 0 Å². The zero-order valence-corrected chi connectivity index (χ0v) is 12.6. The highest BCUT2D eigenvalue weighted by Crippen LogP contribution is 2.19. The van der Waals surface area contributed by atoms with Crippen LogP contribution in [-0.2, 0) is 22.9 Å². The first-order valence-electron chi connectivity index (χ1n) is 6.95. The molecule has 0 radical (unpaired) electrons. The molecule has 8 heteroatoms. The molecule has 0 spiro atoms. The minimum Gasteiger partial charge on any atom is -0.326 e. The molecule has 1 heterocycles. The molecule has 7 nitrogen and oxygen atoms in total. The number of sulfonamides is 1. The van der Waals surface area contributed by atoms with E-state index in [1.165, 1.54) is 12.1 Å². The van der Waals surface area contributed by atoms with Crippen molar-refractivity contribution in [3.05, 3.63) is 45.9 Å². The van der Waals surface area contributed by atoms with Crippen molar-refractivity contribution in [1.82, 2.24) is 9.97 Å². The molecule has 4 N–H and O–H groups in total. The first-order chi connectivity index (χ1) is 10.4. The van der Waals surface area contributed by atoms with Crippen LogP contribution in [0.4, 0.5) is 11.6 Å². The van der Waals surface area contributed by atoms with E-state index in [0.29, 0.717) is 11.6 Å². The van der Waals surface area contributed by atoms with Gasteiger partial charge in [0.2, 0.25) is 16.0 Å². The van der Waals surface area contributed by atoms with Gasteiger partial charge >= 0.3 is 0 Å². The number of nitrogens with two attached hydrogens (primary N) is 1. The highest BCUT2D eigenvalue weighted by molar-refractivity contribution is 7.89. The molecule has 1 aliphatic carbocycles. The van der Waals surface area contributed by atoms with E-state index in [1.54, 1.807) is 12.1 Å². The lowest BCUT2D eigenvalue weighted by Crippen LogP contribution is -2.22. The highest BCUT2D eigenvalue weighted by Gasteiger charge is 2.15.